The van der Waals surface area contributed by atoms with Crippen LogP contribution in [0.4, 0.5) is 0 Å². The predicted molar refractivity (Wildman–Crippen MR) is 106 cm³/mol. The molecule has 0 aliphatic heterocycles. The van der Waals surface area contributed by atoms with Gasteiger partial charge in [0.25, 0.3) is 0 Å². The van der Waals surface area contributed by atoms with E-state index in [2.05, 4.69) is 5.32 Å². The van der Waals surface area contributed by atoms with Crippen molar-refractivity contribution in [1.82, 2.24) is 5.32 Å². The number of carbonyl (C=O) groups is 2. The molecule has 0 aliphatic rings. The van der Waals surface area contributed by atoms with Crippen molar-refractivity contribution in [3.05, 3.63) is 60.2 Å². The fourth-order valence-corrected chi connectivity index (χ4v) is 2.82. The summed E-state index contributed by atoms with van der Waals surface area (Å²) in [7, 11) is 0. The minimum absolute atomic E-state index is 0.200. The summed E-state index contributed by atoms with van der Waals surface area (Å²) in [6, 6.07) is 15.8. The highest BCUT2D eigenvalue weighted by Gasteiger charge is 2.23. The van der Waals surface area contributed by atoms with Gasteiger partial charge >= 0.3 is 5.97 Å². The van der Waals surface area contributed by atoms with Crippen LogP contribution in [0.1, 0.15) is 24.8 Å². The molecule has 0 saturated heterocycles. The maximum atomic E-state index is 12.2. The van der Waals surface area contributed by atoms with Crippen LogP contribution in [-0.4, -0.2) is 35.6 Å². The number of carbonyl (C=O) groups excluding carboxylic acids is 1. The van der Waals surface area contributed by atoms with Crippen molar-refractivity contribution in [1.29, 1.82) is 0 Å². The minimum Gasteiger partial charge on any atom is -0.480 e. The van der Waals surface area contributed by atoms with Gasteiger partial charge in [-0.05, 0) is 36.1 Å². The van der Waals surface area contributed by atoms with Crippen LogP contribution in [0.15, 0.2) is 54.6 Å². The second kappa shape index (κ2) is 10.4. The van der Waals surface area contributed by atoms with Crippen molar-refractivity contribution in [3.63, 3.8) is 0 Å². The number of hydrogen-bond donors (Lipinski definition) is 4. The van der Waals surface area contributed by atoms with Gasteiger partial charge in [0.1, 0.15) is 6.04 Å². The molecule has 0 saturated carbocycles. The van der Waals surface area contributed by atoms with E-state index in [1.807, 2.05) is 54.6 Å². The van der Waals surface area contributed by atoms with Gasteiger partial charge in [0.2, 0.25) is 5.91 Å². The van der Waals surface area contributed by atoms with Crippen LogP contribution in [0.25, 0.3) is 11.1 Å². The zero-order valence-electron chi connectivity index (χ0n) is 15.3. The van der Waals surface area contributed by atoms with E-state index in [1.165, 1.54) is 0 Å². The molecule has 0 aliphatic carbocycles. The van der Waals surface area contributed by atoms with E-state index in [-0.39, 0.29) is 6.42 Å². The quantitative estimate of drug-likeness (QED) is 0.477. The second-order valence-electron chi connectivity index (χ2n) is 6.56. The highest BCUT2D eigenvalue weighted by Crippen LogP contribution is 2.19. The first-order chi connectivity index (χ1) is 13.0. The number of hydrogen-bond acceptors (Lipinski definition) is 4. The molecular formula is C21H27N3O3. The van der Waals surface area contributed by atoms with Crippen molar-refractivity contribution in [2.45, 2.75) is 37.8 Å². The van der Waals surface area contributed by atoms with Crippen LogP contribution in [0.5, 0.6) is 0 Å². The molecule has 0 aromatic heterocycles. The SMILES string of the molecule is NCCCC[C@H](N)C(=O)N[C@@H](Cc1ccc(-c2ccccc2)cc1)C(=O)O. The Morgan fingerprint density at radius 3 is 2.19 bits per heavy atom. The number of amides is 1. The minimum atomic E-state index is -1.08. The first-order valence-electron chi connectivity index (χ1n) is 9.14. The van der Waals surface area contributed by atoms with Crippen LogP contribution >= 0.6 is 0 Å². The second-order valence-corrected chi connectivity index (χ2v) is 6.56. The fourth-order valence-electron chi connectivity index (χ4n) is 2.82. The number of unbranched alkanes of at least 4 members (excludes halogenated alkanes) is 1. The van der Waals surface area contributed by atoms with Crippen LogP contribution in [-0.2, 0) is 16.0 Å². The number of rotatable bonds is 10. The third-order valence-electron chi connectivity index (χ3n) is 4.42. The first-order valence-corrected chi connectivity index (χ1v) is 9.14. The highest BCUT2D eigenvalue weighted by molar-refractivity contribution is 5.86. The number of carboxylic acid groups (broad SMARTS) is 1. The van der Waals surface area contributed by atoms with Crippen molar-refractivity contribution in [3.8, 4) is 11.1 Å². The Morgan fingerprint density at radius 2 is 1.59 bits per heavy atom. The van der Waals surface area contributed by atoms with E-state index in [1.54, 1.807) is 0 Å². The average Bonchev–Trinajstić information content (AvgIpc) is 2.68. The normalized spacial score (nSPS) is 13.0. The Hall–Kier alpha value is -2.70. The molecule has 0 unspecified atom stereocenters. The van der Waals surface area contributed by atoms with Gasteiger partial charge < -0.3 is 21.9 Å². The molecule has 0 bridgehead atoms. The smallest absolute Gasteiger partial charge is 0.326 e. The Morgan fingerprint density at radius 1 is 0.963 bits per heavy atom. The lowest BCUT2D eigenvalue weighted by Gasteiger charge is -2.18. The molecule has 6 nitrogen and oxygen atoms in total. The number of aliphatic carboxylic acids is 1. The summed E-state index contributed by atoms with van der Waals surface area (Å²) in [4.78, 5) is 23.7. The average molecular weight is 369 g/mol. The first kappa shape index (κ1) is 20.6. The molecule has 2 aromatic rings. The van der Waals surface area contributed by atoms with Gasteiger partial charge in [-0.1, -0.05) is 61.0 Å². The molecule has 1 amide bonds. The summed E-state index contributed by atoms with van der Waals surface area (Å²) in [6.07, 6.45) is 2.22. The number of benzene rings is 2. The van der Waals surface area contributed by atoms with Gasteiger partial charge in [-0.2, -0.15) is 0 Å². The summed E-state index contributed by atoms with van der Waals surface area (Å²) in [5, 5.41) is 12.0. The van der Waals surface area contributed by atoms with Gasteiger partial charge in [-0.15, -0.1) is 0 Å². The van der Waals surface area contributed by atoms with Crippen LogP contribution in [0, 0.1) is 0 Å². The van der Waals surface area contributed by atoms with Crippen molar-refractivity contribution in [2.24, 2.45) is 11.5 Å². The topological polar surface area (TPSA) is 118 Å². The molecule has 6 heteroatoms. The van der Waals surface area contributed by atoms with Gasteiger partial charge in [0, 0.05) is 6.42 Å². The zero-order chi connectivity index (χ0) is 19.6. The van der Waals surface area contributed by atoms with Gasteiger partial charge in [-0.25, -0.2) is 4.79 Å². The summed E-state index contributed by atoms with van der Waals surface area (Å²) in [6.45, 7) is 0.547. The Labute approximate surface area is 159 Å². The standard InChI is InChI=1S/C21H27N3O3/c22-13-5-4-8-18(23)20(25)24-19(21(26)27)14-15-9-11-17(12-10-15)16-6-2-1-3-7-16/h1-3,6-7,9-12,18-19H,4-5,8,13-14,22-23H2,(H,24,25)(H,26,27)/t18-,19-/m0/s1. The van der Waals surface area contributed by atoms with E-state index in [0.29, 0.717) is 13.0 Å². The molecule has 0 heterocycles. The lowest BCUT2D eigenvalue weighted by molar-refractivity contribution is -0.142. The molecule has 0 fully saturated rings. The number of carboxylic acids is 1. The molecule has 0 radical (unpaired) electrons. The van der Waals surface area contributed by atoms with E-state index in [4.69, 9.17) is 11.5 Å². The molecule has 6 N–H and O–H groups in total. The van der Waals surface area contributed by atoms with E-state index in [0.717, 1.165) is 29.5 Å². The van der Waals surface area contributed by atoms with E-state index >= 15 is 0 Å². The number of nitrogens with one attached hydrogen (secondary N) is 1. The predicted octanol–water partition coefficient (Wildman–Crippen LogP) is 1.92. The van der Waals surface area contributed by atoms with Crippen LogP contribution < -0.4 is 16.8 Å². The Kier molecular flexibility index (Phi) is 7.98. The lowest BCUT2D eigenvalue weighted by Crippen LogP contribution is -2.49. The lowest BCUT2D eigenvalue weighted by atomic mass is 10.0. The molecule has 2 atom stereocenters. The van der Waals surface area contributed by atoms with E-state index < -0.39 is 24.0 Å². The Balaban J connectivity index is 1.97. The molecular weight excluding hydrogens is 342 g/mol. The van der Waals surface area contributed by atoms with Gasteiger partial charge in [0.05, 0.1) is 6.04 Å². The molecule has 27 heavy (non-hydrogen) atoms. The third kappa shape index (κ3) is 6.51. The highest BCUT2D eigenvalue weighted by atomic mass is 16.4. The maximum Gasteiger partial charge on any atom is 0.326 e. The van der Waals surface area contributed by atoms with Crippen LogP contribution in [0.2, 0.25) is 0 Å². The third-order valence-corrected chi connectivity index (χ3v) is 4.42. The van der Waals surface area contributed by atoms with Crippen LogP contribution in [0.3, 0.4) is 0 Å². The summed E-state index contributed by atoms with van der Waals surface area (Å²) in [5.41, 5.74) is 14.2. The fraction of sp³-hybridized carbons (Fsp3) is 0.333. The zero-order valence-corrected chi connectivity index (χ0v) is 15.3. The van der Waals surface area contributed by atoms with Crippen molar-refractivity contribution >= 4 is 11.9 Å². The summed E-state index contributed by atoms with van der Waals surface area (Å²) in [5.74, 6) is -1.52. The van der Waals surface area contributed by atoms with Crippen molar-refractivity contribution < 1.29 is 14.7 Å². The summed E-state index contributed by atoms with van der Waals surface area (Å²) < 4.78 is 0. The van der Waals surface area contributed by atoms with Crippen molar-refractivity contribution in [2.75, 3.05) is 6.54 Å². The molecule has 0 spiro atoms. The summed E-state index contributed by atoms with van der Waals surface area (Å²) >= 11 is 0. The van der Waals surface area contributed by atoms with Gasteiger partial charge in [-0.3, -0.25) is 4.79 Å². The van der Waals surface area contributed by atoms with E-state index in [9.17, 15) is 14.7 Å². The molecule has 144 valence electrons. The molecule has 2 aromatic carbocycles. The monoisotopic (exact) mass is 369 g/mol. The molecule has 2 rings (SSSR count). The maximum absolute atomic E-state index is 12.2. The van der Waals surface area contributed by atoms with Gasteiger partial charge in [0.15, 0.2) is 0 Å². The number of nitrogens with two attached hydrogens (primary N) is 2. The largest absolute Gasteiger partial charge is 0.480 e. The Bertz CT molecular complexity index is 732.